The fourth-order valence-corrected chi connectivity index (χ4v) is 5.73. The van der Waals surface area contributed by atoms with Crippen molar-refractivity contribution in [2.75, 3.05) is 10.8 Å². The molecule has 146 valence electrons. The molecular weight excluding hydrogens is 408 g/mol. The molecule has 0 radical (unpaired) electrons. The summed E-state index contributed by atoms with van der Waals surface area (Å²) in [7, 11) is -3.72. The summed E-state index contributed by atoms with van der Waals surface area (Å²) in [6, 6.07) is 14.9. The third kappa shape index (κ3) is 2.58. The molecule has 8 heteroatoms. The van der Waals surface area contributed by atoms with E-state index in [9.17, 15) is 8.42 Å². The third-order valence-corrected chi connectivity index (χ3v) is 7.27. The summed E-state index contributed by atoms with van der Waals surface area (Å²) in [6.45, 7) is 4.04. The molecule has 2 aromatic carbocycles. The first-order chi connectivity index (χ1) is 13.9. The van der Waals surface area contributed by atoms with E-state index in [0.29, 0.717) is 28.6 Å². The van der Waals surface area contributed by atoms with Gasteiger partial charge in [0, 0.05) is 22.7 Å². The Morgan fingerprint density at radius 2 is 1.90 bits per heavy atom. The molecule has 29 heavy (non-hydrogen) atoms. The zero-order chi connectivity index (χ0) is 20.3. The predicted octanol–water partition coefficient (Wildman–Crippen LogP) is 4.55. The van der Waals surface area contributed by atoms with Crippen LogP contribution in [0.5, 0.6) is 0 Å². The lowest BCUT2D eigenvalue weighted by molar-refractivity contribution is 0.589. The highest BCUT2D eigenvalue weighted by Gasteiger charge is 2.36. The van der Waals surface area contributed by atoms with E-state index in [2.05, 4.69) is 5.10 Å². The molecule has 0 atom stereocenters. The maximum atomic E-state index is 13.3. The molecule has 0 saturated heterocycles. The highest BCUT2D eigenvalue weighted by atomic mass is 35.5. The average Bonchev–Trinajstić information content (AvgIpc) is 3.02. The van der Waals surface area contributed by atoms with Crippen molar-refractivity contribution in [1.82, 2.24) is 14.6 Å². The molecule has 3 heterocycles. The van der Waals surface area contributed by atoms with Crippen LogP contribution >= 0.6 is 11.6 Å². The second kappa shape index (κ2) is 6.30. The first kappa shape index (κ1) is 18.1. The van der Waals surface area contributed by atoms with E-state index in [4.69, 9.17) is 16.6 Å². The van der Waals surface area contributed by atoms with Crippen molar-refractivity contribution in [3.05, 3.63) is 65.4 Å². The molecule has 0 N–H and O–H groups in total. The van der Waals surface area contributed by atoms with Crippen LogP contribution in [-0.4, -0.2) is 29.6 Å². The Labute approximate surface area is 173 Å². The Bertz CT molecular complexity index is 1400. The predicted molar refractivity (Wildman–Crippen MR) is 114 cm³/mol. The number of hydrogen-bond donors (Lipinski definition) is 0. The summed E-state index contributed by atoms with van der Waals surface area (Å²) in [6.07, 6.45) is 1.56. The smallest absolute Gasteiger partial charge is 0.266 e. The van der Waals surface area contributed by atoms with E-state index in [-0.39, 0.29) is 4.90 Å². The van der Waals surface area contributed by atoms with E-state index in [1.165, 1.54) is 4.31 Å². The molecule has 0 bridgehead atoms. The summed E-state index contributed by atoms with van der Waals surface area (Å²) < 4.78 is 29.5. The Morgan fingerprint density at radius 1 is 1.10 bits per heavy atom. The molecule has 0 aliphatic carbocycles. The van der Waals surface area contributed by atoms with Crippen molar-refractivity contribution in [1.29, 1.82) is 0 Å². The lowest BCUT2D eigenvalue weighted by Crippen LogP contribution is -2.34. The van der Waals surface area contributed by atoms with Gasteiger partial charge in [-0.1, -0.05) is 41.9 Å². The van der Waals surface area contributed by atoms with Crippen molar-refractivity contribution in [2.24, 2.45) is 0 Å². The van der Waals surface area contributed by atoms with Gasteiger partial charge in [0.25, 0.3) is 10.0 Å². The first-order valence-corrected chi connectivity index (χ1v) is 11.0. The van der Waals surface area contributed by atoms with Gasteiger partial charge in [0.05, 0.1) is 23.3 Å². The molecule has 0 fully saturated rings. The minimum Gasteiger partial charge on any atom is -0.266 e. The molecule has 0 saturated carbocycles. The molecule has 0 unspecified atom stereocenters. The van der Waals surface area contributed by atoms with Gasteiger partial charge in [0.2, 0.25) is 0 Å². The van der Waals surface area contributed by atoms with Gasteiger partial charge >= 0.3 is 0 Å². The summed E-state index contributed by atoms with van der Waals surface area (Å²) in [5, 5.41) is 5.14. The first-order valence-electron chi connectivity index (χ1n) is 9.20. The number of fused-ring (bicyclic) bond motifs is 4. The van der Waals surface area contributed by atoms with Gasteiger partial charge in [0.15, 0.2) is 5.65 Å². The number of hydrogen-bond acceptors (Lipinski definition) is 4. The molecule has 2 aromatic heterocycles. The minimum atomic E-state index is -3.72. The normalized spacial score (nSPS) is 14.7. The standard InChI is InChI=1S/C21H17ClN4O2S/c1-3-26-17-10-5-4-9-16(17)20-18(29(26,27)28)12-25-21(23-20)19(13(2)24-25)14-7-6-8-15(22)11-14/h4-12H,3H2,1-2H3. The summed E-state index contributed by atoms with van der Waals surface area (Å²) >= 11 is 6.18. The molecular formula is C21H17ClN4O2S. The van der Waals surface area contributed by atoms with E-state index in [0.717, 1.165) is 22.4 Å². The maximum Gasteiger partial charge on any atom is 0.268 e. The van der Waals surface area contributed by atoms with Gasteiger partial charge in [-0.25, -0.2) is 17.9 Å². The Kier molecular flexibility index (Phi) is 3.94. The molecule has 1 aliphatic heterocycles. The van der Waals surface area contributed by atoms with Crippen molar-refractivity contribution in [3.63, 3.8) is 0 Å². The number of sulfonamides is 1. The van der Waals surface area contributed by atoms with E-state index < -0.39 is 10.0 Å². The minimum absolute atomic E-state index is 0.158. The van der Waals surface area contributed by atoms with Crippen LogP contribution in [0.15, 0.2) is 59.6 Å². The maximum absolute atomic E-state index is 13.3. The second-order valence-corrected chi connectivity index (χ2v) is 9.15. The number of aryl methyl sites for hydroxylation is 1. The molecule has 4 aromatic rings. The highest BCUT2D eigenvalue weighted by molar-refractivity contribution is 7.93. The highest BCUT2D eigenvalue weighted by Crippen LogP contribution is 2.42. The van der Waals surface area contributed by atoms with Crippen LogP contribution in [0.2, 0.25) is 5.02 Å². The molecule has 0 amide bonds. The lowest BCUT2D eigenvalue weighted by Gasteiger charge is -2.30. The van der Waals surface area contributed by atoms with Crippen molar-refractivity contribution < 1.29 is 8.42 Å². The fourth-order valence-electron chi connectivity index (χ4n) is 3.91. The van der Waals surface area contributed by atoms with Crippen molar-refractivity contribution >= 4 is 33.0 Å². The van der Waals surface area contributed by atoms with Crippen LogP contribution < -0.4 is 4.31 Å². The van der Waals surface area contributed by atoms with Gasteiger partial charge in [0.1, 0.15) is 4.90 Å². The van der Waals surface area contributed by atoms with Crippen LogP contribution in [0, 0.1) is 6.92 Å². The fraction of sp³-hybridized carbons (Fsp3) is 0.143. The summed E-state index contributed by atoms with van der Waals surface area (Å²) in [5.74, 6) is 0. The van der Waals surface area contributed by atoms with Gasteiger partial charge in [-0.05, 0) is 37.6 Å². The number of aromatic nitrogens is 3. The molecule has 0 spiro atoms. The van der Waals surface area contributed by atoms with E-state index >= 15 is 0 Å². The van der Waals surface area contributed by atoms with Gasteiger partial charge in [-0.2, -0.15) is 5.10 Å². The number of halogens is 1. The Hall–Kier alpha value is -2.90. The van der Waals surface area contributed by atoms with Crippen LogP contribution in [0.1, 0.15) is 12.6 Å². The van der Waals surface area contributed by atoms with Crippen molar-refractivity contribution in [2.45, 2.75) is 18.7 Å². The zero-order valence-electron chi connectivity index (χ0n) is 15.8. The SMILES string of the molecule is CCN1c2ccccc2-c2nc3c(-c4cccc(Cl)c4)c(C)nn3cc2S1(=O)=O. The third-order valence-electron chi connectivity index (χ3n) is 5.15. The lowest BCUT2D eigenvalue weighted by atomic mass is 10.1. The Morgan fingerprint density at radius 3 is 2.66 bits per heavy atom. The van der Waals surface area contributed by atoms with E-state index in [1.54, 1.807) is 10.7 Å². The number of benzene rings is 2. The molecule has 1 aliphatic rings. The van der Waals surface area contributed by atoms with Crippen LogP contribution in [-0.2, 0) is 10.0 Å². The number of anilines is 1. The summed E-state index contributed by atoms with van der Waals surface area (Å²) in [5.41, 5.74) is 4.94. The molecule has 5 rings (SSSR count). The zero-order valence-corrected chi connectivity index (χ0v) is 17.4. The van der Waals surface area contributed by atoms with Crippen LogP contribution in [0.4, 0.5) is 5.69 Å². The quantitative estimate of drug-likeness (QED) is 0.473. The van der Waals surface area contributed by atoms with Crippen LogP contribution in [0.25, 0.3) is 28.0 Å². The number of nitrogens with zero attached hydrogens (tertiary/aromatic N) is 4. The number of rotatable bonds is 2. The number of para-hydroxylation sites is 1. The van der Waals surface area contributed by atoms with Gasteiger partial charge < -0.3 is 0 Å². The molecule has 6 nitrogen and oxygen atoms in total. The van der Waals surface area contributed by atoms with Crippen molar-refractivity contribution in [3.8, 4) is 22.4 Å². The van der Waals surface area contributed by atoms with Gasteiger partial charge in [-0.15, -0.1) is 0 Å². The van der Waals surface area contributed by atoms with Crippen LogP contribution in [0.3, 0.4) is 0 Å². The average molecular weight is 425 g/mol. The van der Waals surface area contributed by atoms with E-state index in [1.807, 2.05) is 62.4 Å². The topological polar surface area (TPSA) is 67.6 Å². The Balaban J connectivity index is 1.87. The van der Waals surface area contributed by atoms with Gasteiger partial charge in [-0.3, -0.25) is 4.31 Å². The second-order valence-electron chi connectivity index (χ2n) is 6.88. The monoisotopic (exact) mass is 424 g/mol. The largest absolute Gasteiger partial charge is 0.268 e. The summed E-state index contributed by atoms with van der Waals surface area (Å²) in [4.78, 5) is 4.96.